The van der Waals surface area contributed by atoms with Gasteiger partial charge in [-0.05, 0) is 61.0 Å². The van der Waals surface area contributed by atoms with Gasteiger partial charge in [0.15, 0.2) is 5.75 Å². The van der Waals surface area contributed by atoms with Gasteiger partial charge in [0.05, 0.1) is 5.69 Å². The van der Waals surface area contributed by atoms with E-state index in [2.05, 4.69) is 10.2 Å². The lowest BCUT2D eigenvalue weighted by atomic mass is 9.99. The average molecular weight is 305 g/mol. The first kappa shape index (κ1) is 15.0. The summed E-state index contributed by atoms with van der Waals surface area (Å²) in [6.45, 7) is 5.95. The molecule has 3 aromatic rings. The van der Waals surface area contributed by atoms with Crippen LogP contribution in [0.15, 0.2) is 52.7 Å². The molecule has 116 valence electrons. The van der Waals surface area contributed by atoms with E-state index in [1.165, 1.54) is 0 Å². The molecule has 3 N–H and O–H groups in total. The van der Waals surface area contributed by atoms with E-state index in [1.54, 1.807) is 6.07 Å². The predicted molar refractivity (Wildman–Crippen MR) is 94.9 cm³/mol. The van der Waals surface area contributed by atoms with Crippen LogP contribution in [-0.2, 0) is 0 Å². The summed E-state index contributed by atoms with van der Waals surface area (Å²) in [5.41, 5.74) is 11.1. The first-order valence-electron chi connectivity index (χ1n) is 7.47. The van der Waals surface area contributed by atoms with E-state index in [0.717, 1.165) is 27.8 Å². The van der Waals surface area contributed by atoms with Crippen molar-refractivity contribution in [1.29, 1.82) is 0 Å². The molecule has 0 aliphatic rings. The maximum atomic E-state index is 10.5. The monoisotopic (exact) mass is 305 g/mol. The highest BCUT2D eigenvalue weighted by Crippen LogP contribution is 2.40. The van der Waals surface area contributed by atoms with Gasteiger partial charge in [-0.1, -0.05) is 24.3 Å². The van der Waals surface area contributed by atoms with Crippen LogP contribution in [0.3, 0.4) is 0 Å². The van der Waals surface area contributed by atoms with Gasteiger partial charge in [-0.2, -0.15) is 5.11 Å². The quantitative estimate of drug-likeness (QED) is 0.487. The van der Waals surface area contributed by atoms with Crippen molar-refractivity contribution in [2.75, 3.05) is 5.73 Å². The largest absolute Gasteiger partial charge is 0.505 e. The number of aryl methyl sites for hydroxylation is 2. The van der Waals surface area contributed by atoms with Crippen LogP contribution >= 0.6 is 0 Å². The van der Waals surface area contributed by atoms with Gasteiger partial charge in [0.1, 0.15) is 5.69 Å². The van der Waals surface area contributed by atoms with Gasteiger partial charge in [-0.3, -0.25) is 0 Å². The smallest absolute Gasteiger partial charge is 0.152 e. The first-order chi connectivity index (χ1) is 11.0. The van der Waals surface area contributed by atoms with Crippen LogP contribution in [-0.4, -0.2) is 5.11 Å². The van der Waals surface area contributed by atoms with Crippen LogP contribution in [0.1, 0.15) is 16.7 Å². The molecule has 0 amide bonds. The predicted octanol–water partition coefficient (Wildman–Crippen LogP) is 5.47. The molecule has 0 radical (unpaired) electrons. The van der Waals surface area contributed by atoms with E-state index in [-0.39, 0.29) is 5.75 Å². The number of hydrogen-bond acceptors (Lipinski definition) is 4. The van der Waals surface area contributed by atoms with E-state index in [4.69, 9.17) is 5.73 Å². The Labute approximate surface area is 135 Å². The molecule has 3 rings (SSSR count). The number of nitrogens with zero attached hydrogens (tertiary/aromatic N) is 2. The lowest BCUT2D eigenvalue weighted by molar-refractivity contribution is 0.483. The van der Waals surface area contributed by atoms with E-state index in [1.807, 2.05) is 57.2 Å². The third-order valence-electron chi connectivity index (χ3n) is 4.10. The van der Waals surface area contributed by atoms with E-state index in [0.29, 0.717) is 16.8 Å². The second-order valence-corrected chi connectivity index (χ2v) is 5.80. The minimum Gasteiger partial charge on any atom is -0.505 e. The molecule has 4 nitrogen and oxygen atoms in total. The number of benzene rings is 3. The van der Waals surface area contributed by atoms with Gasteiger partial charge < -0.3 is 10.8 Å². The summed E-state index contributed by atoms with van der Waals surface area (Å²) in [6, 6.07) is 13.4. The normalized spacial score (nSPS) is 11.4. The number of hydrogen-bond donors (Lipinski definition) is 2. The van der Waals surface area contributed by atoms with Gasteiger partial charge >= 0.3 is 0 Å². The molecular formula is C19H19N3O. The third-order valence-corrected chi connectivity index (χ3v) is 4.10. The number of aromatic hydroxyl groups is 1. The second kappa shape index (κ2) is 5.72. The van der Waals surface area contributed by atoms with Gasteiger partial charge in [-0.15, -0.1) is 5.11 Å². The topological polar surface area (TPSA) is 71.0 Å². The minimum absolute atomic E-state index is 0.0690. The zero-order valence-corrected chi connectivity index (χ0v) is 13.5. The van der Waals surface area contributed by atoms with Gasteiger partial charge in [-0.25, -0.2) is 0 Å². The Morgan fingerprint density at radius 2 is 1.74 bits per heavy atom. The van der Waals surface area contributed by atoms with Crippen LogP contribution in [0, 0.1) is 20.8 Å². The molecule has 3 aromatic carbocycles. The Morgan fingerprint density at radius 3 is 2.48 bits per heavy atom. The molecule has 0 atom stereocenters. The molecular weight excluding hydrogens is 286 g/mol. The summed E-state index contributed by atoms with van der Waals surface area (Å²) in [5.74, 6) is 0.0690. The maximum absolute atomic E-state index is 10.5. The summed E-state index contributed by atoms with van der Waals surface area (Å²) in [4.78, 5) is 0. The first-order valence-corrected chi connectivity index (χ1v) is 7.47. The molecule has 0 heterocycles. The van der Waals surface area contributed by atoms with Gasteiger partial charge in [0, 0.05) is 11.1 Å². The summed E-state index contributed by atoms with van der Waals surface area (Å²) >= 11 is 0. The average Bonchev–Trinajstić information content (AvgIpc) is 2.52. The van der Waals surface area contributed by atoms with Crippen molar-refractivity contribution in [3.63, 3.8) is 0 Å². The molecule has 0 bridgehead atoms. The second-order valence-electron chi connectivity index (χ2n) is 5.80. The van der Waals surface area contributed by atoms with Crippen LogP contribution in [0.25, 0.3) is 10.8 Å². The Kier molecular flexibility index (Phi) is 3.74. The van der Waals surface area contributed by atoms with E-state index < -0.39 is 0 Å². The molecule has 0 fully saturated rings. The number of nitrogen functional groups attached to an aromatic ring is 1. The molecule has 0 aromatic heterocycles. The van der Waals surface area contributed by atoms with Crippen molar-refractivity contribution in [3.05, 3.63) is 59.2 Å². The number of anilines is 1. The number of phenolic OH excluding ortho intramolecular Hbond substituents is 1. The summed E-state index contributed by atoms with van der Waals surface area (Å²) < 4.78 is 0. The lowest BCUT2D eigenvalue weighted by Gasteiger charge is -2.11. The van der Waals surface area contributed by atoms with Crippen molar-refractivity contribution in [3.8, 4) is 5.75 Å². The van der Waals surface area contributed by atoms with Crippen LogP contribution < -0.4 is 5.73 Å². The fourth-order valence-corrected chi connectivity index (χ4v) is 2.62. The van der Waals surface area contributed by atoms with Crippen molar-refractivity contribution in [2.24, 2.45) is 10.2 Å². The molecule has 0 unspecified atom stereocenters. The lowest BCUT2D eigenvalue weighted by Crippen LogP contribution is -1.94. The number of rotatable bonds is 2. The molecule has 23 heavy (non-hydrogen) atoms. The Hall–Kier alpha value is -2.88. The van der Waals surface area contributed by atoms with Crippen molar-refractivity contribution in [1.82, 2.24) is 0 Å². The molecule has 0 saturated carbocycles. The maximum Gasteiger partial charge on any atom is 0.152 e. The van der Waals surface area contributed by atoms with Crippen molar-refractivity contribution in [2.45, 2.75) is 20.8 Å². The Balaban J connectivity index is 2.11. The molecule has 0 aliphatic heterocycles. The number of azo groups is 1. The van der Waals surface area contributed by atoms with Gasteiger partial charge in [0.2, 0.25) is 0 Å². The van der Waals surface area contributed by atoms with Crippen LogP contribution in [0.4, 0.5) is 17.1 Å². The summed E-state index contributed by atoms with van der Waals surface area (Å²) in [7, 11) is 0. The molecule has 4 heteroatoms. The highest BCUT2D eigenvalue weighted by atomic mass is 16.3. The standard InChI is InChI=1S/C19H19N3O/c1-11-5-4-6-15(9-11)21-22-16-8-7-14-10-12(2)13(3)18(20)17(14)19(16)23/h4-10,23H,20H2,1-3H3. The molecule has 0 spiro atoms. The molecule has 0 aliphatic carbocycles. The Morgan fingerprint density at radius 1 is 0.957 bits per heavy atom. The van der Waals surface area contributed by atoms with E-state index in [9.17, 15) is 5.11 Å². The fraction of sp³-hybridized carbons (Fsp3) is 0.158. The summed E-state index contributed by atoms with van der Waals surface area (Å²) in [5, 5.41) is 20.5. The highest BCUT2D eigenvalue weighted by Gasteiger charge is 2.12. The number of fused-ring (bicyclic) bond motifs is 1. The Bertz CT molecular complexity index is 930. The van der Waals surface area contributed by atoms with Crippen molar-refractivity contribution < 1.29 is 5.11 Å². The number of phenols is 1. The summed E-state index contributed by atoms with van der Waals surface area (Å²) in [6.07, 6.45) is 0. The van der Waals surface area contributed by atoms with Crippen LogP contribution in [0.5, 0.6) is 5.75 Å². The SMILES string of the molecule is Cc1cccc(N=Nc2ccc3cc(C)c(C)c(N)c3c2O)c1. The van der Waals surface area contributed by atoms with Crippen LogP contribution in [0.2, 0.25) is 0 Å². The van der Waals surface area contributed by atoms with E-state index >= 15 is 0 Å². The fourth-order valence-electron chi connectivity index (χ4n) is 2.62. The van der Waals surface area contributed by atoms with Crippen molar-refractivity contribution >= 4 is 27.8 Å². The third kappa shape index (κ3) is 2.75. The number of nitrogens with two attached hydrogens (primary N) is 1. The molecule has 0 saturated heterocycles. The highest BCUT2D eigenvalue weighted by molar-refractivity contribution is 6.02. The van der Waals surface area contributed by atoms with Gasteiger partial charge in [0.25, 0.3) is 0 Å². The zero-order chi connectivity index (χ0) is 16.6. The zero-order valence-electron chi connectivity index (χ0n) is 13.5. The minimum atomic E-state index is 0.0690.